The zero-order valence-electron chi connectivity index (χ0n) is 20.0. The molecule has 0 unspecified atom stereocenters. The molecule has 16 heteroatoms. The molecule has 1 aliphatic rings. The van der Waals surface area contributed by atoms with Gasteiger partial charge in [-0.3, -0.25) is 4.68 Å². The van der Waals surface area contributed by atoms with E-state index in [4.69, 9.17) is 9.47 Å². The average molecular weight is 526 g/mol. The molecule has 0 fully saturated rings. The van der Waals surface area contributed by atoms with Gasteiger partial charge in [0.25, 0.3) is 10.0 Å². The van der Waals surface area contributed by atoms with Crippen LogP contribution in [0.25, 0.3) is 0 Å². The first-order chi connectivity index (χ1) is 15.7. The third-order valence-electron chi connectivity index (χ3n) is 5.07. The van der Waals surface area contributed by atoms with Crippen molar-refractivity contribution in [2.45, 2.75) is 69.8 Å². The zero-order chi connectivity index (χ0) is 25.4. The lowest BCUT2D eigenvalue weighted by Crippen LogP contribution is -2.36. The average Bonchev–Trinajstić information content (AvgIpc) is 3.27. The highest BCUT2D eigenvalue weighted by atomic mass is 32.2. The van der Waals surface area contributed by atoms with Crippen molar-refractivity contribution in [1.82, 2.24) is 30.4 Å². The number of alkyl halides is 3. The lowest BCUT2D eigenvalue weighted by atomic mass is 10.0. The molecule has 3 rings (SSSR count). The fraction of sp³-hybridized carbons (Fsp3) is 0.632. The second-order valence-corrected chi connectivity index (χ2v) is 10.1. The summed E-state index contributed by atoms with van der Waals surface area (Å²) in [5.41, 5.74) is 0.376. The first-order valence-electron chi connectivity index (χ1n) is 10.5. The number of halogens is 3. The van der Waals surface area contributed by atoms with E-state index in [0.29, 0.717) is 0 Å². The van der Waals surface area contributed by atoms with Crippen LogP contribution in [-0.2, 0) is 27.8 Å². The number of carbonyl (C=O) groups excluding carboxylic acids is 1. The quantitative estimate of drug-likeness (QED) is 0.496. The lowest BCUT2D eigenvalue weighted by molar-refractivity contribution is -0.143. The number of rotatable bonds is 7. The third-order valence-corrected chi connectivity index (χ3v) is 6.39. The number of hydrogen-bond acceptors (Lipinski definition) is 8. The predicted molar refractivity (Wildman–Crippen MR) is 119 cm³/mol. The minimum atomic E-state index is -4.53. The second kappa shape index (κ2) is 10.4. The minimum Gasteiger partial charge on any atom is -0.474 e. The van der Waals surface area contributed by atoms with E-state index in [2.05, 4.69) is 15.5 Å². The molecule has 2 aromatic rings. The predicted octanol–water partition coefficient (Wildman–Crippen LogP) is 2.97. The van der Waals surface area contributed by atoms with Crippen molar-refractivity contribution in [3.63, 3.8) is 0 Å². The number of ether oxygens (including phenoxy) is 2. The normalized spacial score (nSPS) is 16.0. The van der Waals surface area contributed by atoms with Gasteiger partial charge in [-0.2, -0.15) is 23.4 Å². The van der Waals surface area contributed by atoms with Gasteiger partial charge >= 0.3 is 12.2 Å². The fourth-order valence-electron chi connectivity index (χ4n) is 3.60. The molecule has 35 heavy (non-hydrogen) atoms. The van der Waals surface area contributed by atoms with Crippen LogP contribution in [0.3, 0.4) is 0 Å². The van der Waals surface area contributed by atoms with Gasteiger partial charge in [-0.1, -0.05) is 27.7 Å². The van der Waals surface area contributed by atoms with Crippen LogP contribution in [0, 0.1) is 0 Å². The molecular weight excluding hydrogens is 495 g/mol. The van der Waals surface area contributed by atoms with Crippen LogP contribution in [0.15, 0.2) is 11.1 Å². The maximum Gasteiger partial charge on any atom is 0.408 e. The van der Waals surface area contributed by atoms with E-state index in [1.807, 2.05) is 4.72 Å². The molecule has 0 saturated carbocycles. The molecule has 12 nitrogen and oxygen atoms in total. The molecule has 0 spiro atoms. The van der Waals surface area contributed by atoms with E-state index in [1.54, 1.807) is 27.7 Å². The summed E-state index contributed by atoms with van der Waals surface area (Å²) in [6, 6.07) is -1.15. The maximum atomic E-state index is 13.1. The number of nitrogens with one attached hydrogen (secondary N) is 2. The number of amides is 2. The number of anilines is 1. The van der Waals surface area contributed by atoms with E-state index in [-0.39, 0.29) is 59.2 Å². The Labute approximate surface area is 200 Å². The maximum absolute atomic E-state index is 13.1. The summed E-state index contributed by atoms with van der Waals surface area (Å²) >= 11 is 0. The van der Waals surface area contributed by atoms with Gasteiger partial charge in [0, 0.05) is 7.11 Å². The molecule has 2 amide bonds. The van der Waals surface area contributed by atoms with Crippen LogP contribution in [-0.4, -0.2) is 60.0 Å². The molecule has 1 aliphatic heterocycles. The van der Waals surface area contributed by atoms with Crippen molar-refractivity contribution in [2.75, 3.05) is 19.0 Å². The molecule has 0 saturated heterocycles. The van der Waals surface area contributed by atoms with Gasteiger partial charge in [0.05, 0.1) is 29.8 Å². The van der Waals surface area contributed by atoms with Gasteiger partial charge in [0.15, 0.2) is 4.90 Å². The smallest absolute Gasteiger partial charge is 0.408 e. The number of nitrogens with zero attached hydrogens (tertiary/aromatic N) is 4. The summed E-state index contributed by atoms with van der Waals surface area (Å²) in [5.74, 6) is -0.833. The second-order valence-electron chi connectivity index (χ2n) is 8.45. The van der Waals surface area contributed by atoms with Crippen molar-refractivity contribution in [3.8, 4) is 5.88 Å². The van der Waals surface area contributed by atoms with Crippen LogP contribution in [0.1, 0.15) is 50.9 Å². The Morgan fingerprint density at radius 1 is 1.29 bits per heavy atom. The Morgan fingerprint density at radius 2 is 1.94 bits per heavy atom. The first kappa shape index (κ1) is 28.4. The van der Waals surface area contributed by atoms with Gasteiger partial charge in [-0.05, 0) is 11.8 Å². The SMILES string of the molecule is CO[C@@H]1COc2c(S(=O)(=O)NC(=O)Nc3c(C(C)C)nn(CC(F)(F)F)c3C(C)C)cnn2C1.N. The highest BCUT2D eigenvalue weighted by Crippen LogP contribution is 2.34. The van der Waals surface area contributed by atoms with Gasteiger partial charge in [-0.15, -0.1) is 0 Å². The number of urea groups is 1. The highest BCUT2D eigenvalue weighted by Gasteiger charge is 2.34. The van der Waals surface area contributed by atoms with Crippen molar-refractivity contribution < 1.29 is 35.9 Å². The molecule has 3 heterocycles. The summed E-state index contributed by atoms with van der Waals surface area (Å²) in [7, 11) is -2.92. The van der Waals surface area contributed by atoms with Crippen molar-refractivity contribution >= 4 is 21.7 Å². The molecule has 0 radical (unpaired) electrons. The number of methoxy groups -OCH3 is 1. The Morgan fingerprint density at radius 3 is 2.49 bits per heavy atom. The Hall–Kier alpha value is -2.85. The highest BCUT2D eigenvalue weighted by molar-refractivity contribution is 7.90. The number of fused-ring (bicyclic) bond motifs is 1. The number of aromatic nitrogens is 4. The summed E-state index contributed by atoms with van der Waals surface area (Å²) in [6.45, 7) is 5.73. The minimum absolute atomic E-state index is 0. The van der Waals surface area contributed by atoms with E-state index in [9.17, 15) is 26.4 Å². The Balaban J connectivity index is 0.00000432. The van der Waals surface area contributed by atoms with Crippen molar-refractivity contribution in [3.05, 3.63) is 17.6 Å². The van der Waals surface area contributed by atoms with E-state index in [0.717, 1.165) is 10.9 Å². The van der Waals surface area contributed by atoms with E-state index in [1.165, 1.54) is 11.8 Å². The van der Waals surface area contributed by atoms with Gasteiger partial charge in [-0.25, -0.2) is 22.6 Å². The fourth-order valence-corrected chi connectivity index (χ4v) is 4.58. The third kappa shape index (κ3) is 6.24. The summed E-state index contributed by atoms with van der Waals surface area (Å²) in [4.78, 5) is 12.3. The summed E-state index contributed by atoms with van der Waals surface area (Å²) in [6.07, 6.45) is -3.80. The Bertz CT molecular complexity index is 1160. The number of hydrogen-bond donors (Lipinski definition) is 3. The van der Waals surface area contributed by atoms with Crippen molar-refractivity contribution in [2.24, 2.45) is 0 Å². The topological polar surface area (TPSA) is 164 Å². The molecule has 5 N–H and O–H groups in total. The molecule has 0 aromatic carbocycles. The molecule has 198 valence electrons. The van der Waals surface area contributed by atoms with Crippen molar-refractivity contribution in [1.29, 1.82) is 0 Å². The number of carbonyl (C=O) groups is 1. The Kier molecular flexibility index (Phi) is 8.44. The first-order valence-corrected chi connectivity index (χ1v) is 11.9. The largest absolute Gasteiger partial charge is 0.474 e. The zero-order valence-corrected chi connectivity index (χ0v) is 20.8. The summed E-state index contributed by atoms with van der Waals surface area (Å²) in [5, 5.41) is 10.4. The van der Waals surface area contributed by atoms with Gasteiger partial charge in [0.2, 0.25) is 5.88 Å². The van der Waals surface area contributed by atoms with Crippen LogP contribution < -0.4 is 20.9 Å². The molecule has 1 atom stereocenters. The van der Waals surface area contributed by atoms with E-state index < -0.39 is 34.7 Å². The standard InChI is InChI=1S/C19H27F3N6O5S.H3N/c1-10(2)14-15(16(11(3)4)28(25-14)9-19(20,21)22)24-18(29)26-34(30,31)13-6-23-27-7-12(32-5)8-33-17(13)27;/h6,10-12H,7-9H2,1-5H3,(H2,24,26,29);1H3/t12-;/m0./s1. The van der Waals surface area contributed by atoms with Gasteiger partial charge in [0.1, 0.15) is 19.3 Å². The molecule has 2 aromatic heterocycles. The monoisotopic (exact) mass is 525 g/mol. The molecular formula is C19H30F3N7O5S. The van der Waals surface area contributed by atoms with Gasteiger partial charge < -0.3 is 20.9 Å². The molecule has 0 bridgehead atoms. The van der Waals surface area contributed by atoms with Crippen LogP contribution in [0.4, 0.5) is 23.7 Å². The lowest BCUT2D eigenvalue weighted by Gasteiger charge is -2.23. The molecule has 0 aliphatic carbocycles. The number of sulfonamides is 1. The van der Waals surface area contributed by atoms with Crippen LogP contribution >= 0.6 is 0 Å². The van der Waals surface area contributed by atoms with Crippen LogP contribution in [0.5, 0.6) is 5.88 Å². The van der Waals surface area contributed by atoms with E-state index >= 15 is 0 Å². The summed E-state index contributed by atoms with van der Waals surface area (Å²) < 4.78 is 79.5. The van der Waals surface area contributed by atoms with Crippen LogP contribution in [0.2, 0.25) is 0 Å².